The first-order valence-corrected chi connectivity index (χ1v) is 7.87. The van der Waals surface area contributed by atoms with Gasteiger partial charge in [-0.2, -0.15) is 11.8 Å². The summed E-state index contributed by atoms with van der Waals surface area (Å²) in [6.07, 6.45) is 4.84. The van der Waals surface area contributed by atoms with Gasteiger partial charge in [0.2, 0.25) is 5.91 Å². The molecule has 1 aliphatic carbocycles. The molecule has 1 heterocycles. The second kappa shape index (κ2) is 5.99. The van der Waals surface area contributed by atoms with E-state index in [-0.39, 0.29) is 17.9 Å². The number of thioether (sulfide) groups is 1. The maximum atomic E-state index is 12.6. The van der Waals surface area contributed by atoms with Crippen molar-refractivity contribution in [1.29, 1.82) is 0 Å². The van der Waals surface area contributed by atoms with Gasteiger partial charge in [0.15, 0.2) is 0 Å². The van der Waals surface area contributed by atoms with Gasteiger partial charge in [0.05, 0.1) is 11.8 Å². The van der Waals surface area contributed by atoms with Gasteiger partial charge in [-0.15, -0.1) is 0 Å². The summed E-state index contributed by atoms with van der Waals surface area (Å²) in [4.78, 5) is 25.8. The van der Waals surface area contributed by atoms with Crippen molar-refractivity contribution in [2.75, 3.05) is 12.3 Å². The van der Waals surface area contributed by atoms with Gasteiger partial charge in [0.1, 0.15) is 0 Å². The van der Waals surface area contributed by atoms with Gasteiger partial charge in [-0.3, -0.25) is 9.59 Å². The Morgan fingerprint density at radius 2 is 1.84 bits per heavy atom. The highest BCUT2D eigenvalue weighted by Crippen LogP contribution is 2.31. The molecular weight excluding hydrogens is 262 g/mol. The van der Waals surface area contributed by atoms with Crippen LogP contribution in [0.4, 0.5) is 0 Å². The number of carboxylic acid groups (broad SMARTS) is 1. The number of carbonyl (C=O) groups excluding carboxylic acids is 1. The van der Waals surface area contributed by atoms with Crippen LogP contribution >= 0.6 is 11.8 Å². The normalized spacial score (nSPS) is 35.2. The van der Waals surface area contributed by atoms with Crippen LogP contribution < -0.4 is 0 Å². The predicted molar refractivity (Wildman–Crippen MR) is 76.1 cm³/mol. The summed E-state index contributed by atoms with van der Waals surface area (Å²) >= 11 is 1.88. The molecule has 0 spiro atoms. The van der Waals surface area contributed by atoms with Crippen LogP contribution in [0.3, 0.4) is 0 Å². The van der Waals surface area contributed by atoms with Crippen molar-refractivity contribution in [3.05, 3.63) is 12.2 Å². The van der Waals surface area contributed by atoms with E-state index in [1.54, 1.807) is 0 Å². The van der Waals surface area contributed by atoms with Crippen LogP contribution in [0.2, 0.25) is 0 Å². The lowest BCUT2D eigenvalue weighted by Crippen LogP contribution is -2.52. The molecule has 5 heteroatoms. The zero-order valence-electron chi connectivity index (χ0n) is 11.4. The molecule has 0 aromatic rings. The number of aliphatic carboxylic acids is 1. The minimum Gasteiger partial charge on any atom is -0.481 e. The van der Waals surface area contributed by atoms with Gasteiger partial charge in [0.25, 0.3) is 0 Å². The maximum absolute atomic E-state index is 12.6. The molecule has 106 valence electrons. The zero-order valence-corrected chi connectivity index (χ0v) is 12.2. The first kappa shape index (κ1) is 14.4. The molecule has 2 unspecified atom stereocenters. The van der Waals surface area contributed by atoms with Crippen LogP contribution in [0.5, 0.6) is 0 Å². The molecule has 0 saturated carbocycles. The molecule has 1 N–H and O–H groups in total. The summed E-state index contributed by atoms with van der Waals surface area (Å²) in [5, 5.41) is 9.68. The van der Waals surface area contributed by atoms with Gasteiger partial charge in [-0.1, -0.05) is 19.1 Å². The highest BCUT2D eigenvalue weighted by atomic mass is 32.2. The van der Waals surface area contributed by atoms with Crippen LogP contribution in [-0.4, -0.2) is 45.5 Å². The Kier molecular flexibility index (Phi) is 4.55. The number of nitrogens with zero attached hydrogens (tertiary/aromatic N) is 1. The van der Waals surface area contributed by atoms with Crippen molar-refractivity contribution >= 4 is 23.6 Å². The Morgan fingerprint density at radius 3 is 2.47 bits per heavy atom. The largest absolute Gasteiger partial charge is 0.481 e. The van der Waals surface area contributed by atoms with E-state index in [2.05, 4.69) is 13.8 Å². The van der Waals surface area contributed by atoms with E-state index in [4.69, 9.17) is 0 Å². The molecular formula is C14H21NO3S. The number of hydrogen-bond acceptors (Lipinski definition) is 3. The standard InChI is InChI=1S/C14H21NO3S/c1-9-10(2)19-8-7-15(9)13(16)11-5-3-4-6-12(11)14(17)18/h3-4,9-12H,5-8H2,1-2H3,(H,17,18)/t9?,10?,11-,12+/m1/s1. The summed E-state index contributed by atoms with van der Waals surface area (Å²) in [5.74, 6) is -0.835. The van der Waals surface area contributed by atoms with E-state index in [1.807, 2.05) is 28.8 Å². The Morgan fingerprint density at radius 1 is 1.21 bits per heavy atom. The fraction of sp³-hybridized carbons (Fsp3) is 0.714. The fourth-order valence-corrected chi connectivity index (χ4v) is 3.92. The first-order chi connectivity index (χ1) is 9.02. The average Bonchev–Trinajstić information content (AvgIpc) is 2.41. The van der Waals surface area contributed by atoms with Crippen molar-refractivity contribution < 1.29 is 14.7 Å². The topological polar surface area (TPSA) is 57.6 Å². The van der Waals surface area contributed by atoms with Crippen molar-refractivity contribution in [2.24, 2.45) is 11.8 Å². The van der Waals surface area contributed by atoms with Crippen molar-refractivity contribution in [1.82, 2.24) is 4.90 Å². The Hall–Kier alpha value is -0.970. The quantitative estimate of drug-likeness (QED) is 0.788. The SMILES string of the molecule is CC1SCCN(C(=O)[C@@H]2CC=CC[C@@H]2C(=O)O)C1C. The molecule has 1 saturated heterocycles. The average molecular weight is 283 g/mol. The van der Waals surface area contributed by atoms with E-state index in [1.165, 1.54) is 0 Å². The molecule has 0 aromatic heterocycles. The Balaban J connectivity index is 2.13. The third-order valence-corrected chi connectivity index (χ3v) is 5.57. The second-order valence-corrected chi connectivity index (χ2v) is 6.83. The van der Waals surface area contributed by atoms with Gasteiger partial charge in [0, 0.05) is 23.6 Å². The van der Waals surface area contributed by atoms with Crippen LogP contribution in [0.1, 0.15) is 26.7 Å². The number of amides is 1. The molecule has 1 aliphatic heterocycles. The summed E-state index contributed by atoms with van der Waals surface area (Å²) in [6.45, 7) is 4.93. The van der Waals surface area contributed by atoms with Crippen LogP contribution in [0, 0.1) is 11.8 Å². The van der Waals surface area contributed by atoms with Crippen LogP contribution in [0.25, 0.3) is 0 Å². The fourth-order valence-electron chi connectivity index (χ4n) is 2.82. The highest BCUT2D eigenvalue weighted by molar-refractivity contribution is 8.00. The van der Waals surface area contributed by atoms with Gasteiger partial charge >= 0.3 is 5.97 Å². The van der Waals surface area contributed by atoms with Gasteiger partial charge in [-0.25, -0.2) is 0 Å². The van der Waals surface area contributed by atoms with Crippen molar-refractivity contribution in [3.8, 4) is 0 Å². The number of rotatable bonds is 2. The van der Waals surface area contributed by atoms with E-state index in [0.717, 1.165) is 12.3 Å². The van der Waals surface area contributed by atoms with E-state index in [0.29, 0.717) is 18.1 Å². The monoisotopic (exact) mass is 283 g/mol. The summed E-state index contributed by atoms with van der Waals surface area (Å²) in [7, 11) is 0. The Bertz CT molecular complexity index is 396. The van der Waals surface area contributed by atoms with Gasteiger partial charge in [-0.05, 0) is 19.8 Å². The number of carbonyl (C=O) groups is 2. The lowest BCUT2D eigenvalue weighted by atomic mass is 9.82. The number of allylic oxidation sites excluding steroid dienone is 2. The minimum absolute atomic E-state index is 0.0244. The molecule has 4 atom stereocenters. The molecule has 0 radical (unpaired) electrons. The van der Waals surface area contributed by atoms with Gasteiger partial charge < -0.3 is 10.0 Å². The van der Waals surface area contributed by atoms with Crippen LogP contribution in [0.15, 0.2) is 12.2 Å². The third-order valence-electron chi connectivity index (χ3n) is 4.23. The van der Waals surface area contributed by atoms with Crippen molar-refractivity contribution in [2.45, 2.75) is 38.0 Å². The summed E-state index contributed by atoms with van der Waals surface area (Å²) in [5.41, 5.74) is 0. The molecule has 4 nitrogen and oxygen atoms in total. The summed E-state index contributed by atoms with van der Waals surface area (Å²) < 4.78 is 0. The van der Waals surface area contributed by atoms with E-state index >= 15 is 0 Å². The highest BCUT2D eigenvalue weighted by Gasteiger charge is 2.39. The minimum atomic E-state index is -0.852. The maximum Gasteiger partial charge on any atom is 0.307 e. The molecule has 19 heavy (non-hydrogen) atoms. The smallest absolute Gasteiger partial charge is 0.307 e. The summed E-state index contributed by atoms with van der Waals surface area (Å²) in [6, 6.07) is 0.187. The molecule has 0 bridgehead atoms. The molecule has 0 aromatic carbocycles. The Labute approximate surface area is 118 Å². The lowest BCUT2D eigenvalue weighted by molar-refractivity contribution is -0.151. The molecule has 2 rings (SSSR count). The molecule has 1 fully saturated rings. The zero-order chi connectivity index (χ0) is 14.0. The number of carboxylic acids is 1. The second-order valence-electron chi connectivity index (χ2n) is 5.34. The molecule has 1 amide bonds. The number of hydrogen-bond donors (Lipinski definition) is 1. The van der Waals surface area contributed by atoms with E-state index in [9.17, 15) is 14.7 Å². The van der Waals surface area contributed by atoms with E-state index < -0.39 is 11.9 Å². The van der Waals surface area contributed by atoms with Crippen LogP contribution in [-0.2, 0) is 9.59 Å². The lowest BCUT2D eigenvalue weighted by Gasteiger charge is -2.40. The predicted octanol–water partition coefficient (Wildman–Crippen LogP) is 2.01. The van der Waals surface area contributed by atoms with Crippen molar-refractivity contribution in [3.63, 3.8) is 0 Å². The first-order valence-electron chi connectivity index (χ1n) is 6.82. The third kappa shape index (κ3) is 2.96. The molecule has 2 aliphatic rings.